The highest BCUT2D eigenvalue weighted by Gasteiger charge is 2.28. The summed E-state index contributed by atoms with van der Waals surface area (Å²) in [6.45, 7) is 4.59. The van der Waals surface area contributed by atoms with Gasteiger partial charge in [-0.3, -0.25) is 23.4 Å². The lowest BCUT2D eigenvalue weighted by Crippen LogP contribution is -2.30. The van der Waals surface area contributed by atoms with E-state index < -0.39 is 57.8 Å². The predicted octanol–water partition coefficient (Wildman–Crippen LogP) is 15.5. The zero-order chi connectivity index (χ0) is 48.4. The maximum atomic E-state index is 12.9. The van der Waals surface area contributed by atoms with Gasteiger partial charge in [0.05, 0.1) is 19.8 Å². The lowest BCUT2D eigenvalue weighted by atomic mass is 10.0. The van der Waals surface area contributed by atoms with Crippen molar-refractivity contribution >= 4 is 25.7 Å². The van der Waals surface area contributed by atoms with Crippen LogP contribution in [-0.2, 0) is 42.2 Å². The van der Waals surface area contributed by atoms with Crippen molar-refractivity contribution in [2.45, 2.75) is 277 Å². The first-order valence-corrected chi connectivity index (χ1v) is 28.7. The van der Waals surface area contributed by atoms with Gasteiger partial charge in [-0.25, -0.2) is 4.57 Å². The maximum absolute atomic E-state index is 12.9. The van der Waals surface area contributed by atoms with Gasteiger partial charge in [0.25, 0.3) is 0 Å². The molecule has 0 saturated heterocycles. The Bertz CT molecular complexity index is 1210. The van der Waals surface area contributed by atoms with Gasteiger partial charge < -0.3 is 24.2 Å². The van der Waals surface area contributed by atoms with Crippen LogP contribution in [0.4, 0.5) is 0 Å². The molecule has 0 aromatic rings. The van der Waals surface area contributed by atoms with E-state index in [-0.39, 0.29) is 25.9 Å². The Hall–Kier alpha value is -2.04. The van der Waals surface area contributed by atoms with Crippen LogP contribution < -0.4 is 0 Å². The minimum Gasteiger partial charge on any atom is -0.462 e. The van der Waals surface area contributed by atoms with E-state index in [1.54, 1.807) is 0 Å². The summed E-state index contributed by atoms with van der Waals surface area (Å²) < 4.78 is 39.4. The predicted molar refractivity (Wildman–Crippen MR) is 270 cm³/mol. The van der Waals surface area contributed by atoms with Gasteiger partial charge in [-0.2, -0.15) is 0 Å². The minimum absolute atomic E-state index is 0.170. The normalized spacial score (nSPS) is 13.6. The number of aliphatic hydroxyl groups excluding tert-OH is 1. The van der Waals surface area contributed by atoms with Gasteiger partial charge in [0.1, 0.15) is 12.7 Å². The summed E-state index contributed by atoms with van der Waals surface area (Å²) in [5.41, 5.74) is 0. The fourth-order valence-corrected chi connectivity index (χ4v) is 8.41. The number of hydrogen-bond acceptors (Lipinski definition) is 10. The van der Waals surface area contributed by atoms with E-state index in [0.29, 0.717) is 19.3 Å². The number of allylic oxidation sites excluding steroid dienone is 4. The molecule has 3 atom stereocenters. The average Bonchev–Trinajstić information content (AvgIpc) is 3.30. The van der Waals surface area contributed by atoms with Crippen LogP contribution in [-0.4, -0.2) is 66.5 Å². The Labute approximate surface area is 404 Å². The first-order valence-electron chi connectivity index (χ1n) is 27.2. The van der Waals surface area contributed by atoms with Gasteiger partial charge in [0.15, 0.2) is 6.10 Å². The molecule has 3 unspecified atom stereocenters. The van der Waals surface area contributed by atoms with Gasteiger partial charge in [-0.05, 0) is 64.2 Å². The van der Waals surface area contributed by atoms with Gasteiger partial charge in [0, 0.05) is 19.3 Å². The quantitative estimate of drug-likeness (QED) is 0.0197. The topological polar surface area (TPSA) is 155 Å². The first-order chi connectivity index (χ1) is 32.2. The third-order valence-corrected chi connectivity index (χ3v) is 12.8. The SMILES string of the molecule is CCCC/C=C\CCCCCCCC(=O)OC(CO)COP(=O)(O)OCC(COC(=O)CCCCCCC/C=C\CCCCCC)OC(=O)CCCCCCCCCCCCCCCCC. The van der Waals surface area contributed by atoms with Crippen LogP contribution in [0.2, 0.25) is 0 Å². The van der Waals surface area contributed by atoms with Crippen LogP contribution in [0.15, 0.2) is 24.3 Å². The van der Waals surface area contributed by atoms with Crippen LogP contribution >= 0.6 is 7.82 Å². The van der Waals surface area contributed by atoms with E-state index in [9.17, 15) is 28.9 Å². The number of phosphoric ester groups is 1. The molecule has 12 heteroatoms. The third kappa shape index (κ3) is 47.0. The Kier molecular flexibility index (Phi) is 47.9. The van der Waals surface area contributed by atoms with Crippen molar-refractivity contribution in [1.29, 1.82) is 0 Å². The molecule has 0 aromatic heterocycles. The van der Waals surface area contributed by atoms with E-state index in [0.717, 1.165) is 96.3 Å². The zero-order valence-corrected chi connectivity index (χ0v) is 43.6. The molecule has 0 bridgehead atoms. The summed E-state index contributed by atoms with van der Waals surface area (Å²) in [5.74, 6) is -1.47. The van der Waals surface area contributed by atoms with Gasteiger partial charge in [-0.15, -0.1) is 0 Å². The van der Waals surface area contributed by atoms with E-state index >= 15 is 0 Å². The molecule has 0 spiro atoms. The molecule has 0 amide bonds. The number of ether oxygens (including phenoxy) is 3. The Morgan fingerprint density at radius 1 is 0.409 bits per heavy atom. The van der Waals surface area contributed by atoms with Crippen molar-refractivity contribution in [3.8, 4) is 0 Å². The first kappa shape index (κ1) is 64.0. The summed E-state index contributed by atoms with van der Waals surface area (Å²) in [5, 5.41) is 9.76. The highest BCUT2D eigenvalue weighted by atomic mass is 31.2. The number of esters is 3. The Morgan fingerprint density at radius 3 is 1.11 bits per heavy atom. The van der Waals surface area contributed by atoms with Crippen molar-refractivity contribution in [2.75, 3.05) is 26.4 Å². The third-order valence-electron chi connectivity index (χ3n) is 11.8. The minimum atomic E-state index is -4.74. The second-order valence-electron chi connectivity index (χ2n) is 18.4. The monoisotopic (exact) mass is 957 g/mol. The number of aliphatic hydroxyl groups is 1. The maximum Gasteiger partial charge on any atom is 0.472 e. The number of unbranched alkanes of at least 4 members (excludes halogenated alkanes) is 30. The fourth-order valence-electron chi connectivity index (χ4n) is 7.63. The van der Waals surface area contributed by atoms with E-state index in [1.807, 2.05) is 0 Å². The van der Waals surface area contributed by atoms with Crippen molar-refractivity contribution in [3.63, 3.8) is 0 Å². The number of rotatable bonds is 51. The van der Waals surface area contributed by atoms with Crippen LogP contribution in [0.5, 0.6) is 0 Å². The molecule has 0 heterocycles. The standard InChI is InChI=1S/C54H101O11P/c1-4-7-10-13-16-19-22-24-25-27-30-33-36-39-42-45-54(58)65-51(47-61-52(56)43-40-37-34-31-29-26-23-20-17-14-11-8-5-2)49-63-66(59,60)62-48-50(46-55)64-53(57)44-41-38-35-32-28-21-18-15-12-9-6-3/h15,18,20,23,50-51,55H,4-14,16-17,19,21-22,24-49H2,1-3H3,(H,59,60)/b18-15-,23-20-. The molecular weight excluding hydrogens is 856 g/mol. The lowest BCUT2D eigenvalue weighted by Gasteiger charge is -2.21. The second-order valence-corrected chi connectivity index (χ2v) is 19.8. The molecule has 388 valence electrons. The Balaban J connectivity index is 4.72. The molecule has 0 fully saturated rings. The van der Waals surface area contributed by atoms with Crippen LogP contribution in [0.3, 0.4) is 0 Å². The van der Waals surface area contributed by atoms with E-state index in [1.165, 1.54) is 109 Å². The average molecular weight is 957 g/mol. The van der Waals surface area contributed by atoms with Gasteiger partial charge in [-0.1, -0.05) is 206 Å². The molecule has 0 aliphatic rings. The molecule has 0 rings (SSSR count). The van der Waals surface area contributed by atoms with Gasteiger partial charge in [0.2, 0.25) is 0 Å². The molecule has 2 N–H and O–H groups in total. The van der Waals surface area contributed by atoms with Crippen molar-refractivity contribution in [2.24, 2.45) is 0 Å². The van der Waals surface area contributed by atoms with Crippen LogP contribution in [0.25, 0.3) is 0 Å². The number of carbonyl (C=O) groups is 3. The molecule has 0 aliphatic heterocycles. The molecule has 0 radical (unpaired) electrons. The van der Waals surface area contributed by atoms with E-state index in [4.69, 9.17) is 23.3 Å². The highest BCUT2D eigenvalue weighted by Crippen LogP contribution is 2.43. The van der Waals surface area contributed by atoms with Crippen LogP contribution in [0.1, 0.15) is 265 Å². The van der Waals surface area contributed by atoms with Gasteiger partial charge >= 0.3 is 25.7 Å². The number of carbonyl (C=O) groups excluding carboxylic acids is 3. The molecule has 0 saturated carbocycles. The molecular formula is C54H101O11P. The molecule has 66 heavy (non-hydrogen) atoms. The molecule has 0 aliphatic carbocycles. The molecule has 11 nitrogen and oxygen atoms in total. The summed E-state index contributed by atoms with van der Waals surface area (Å²) in [6, 6.07) is 0. The summed E-state index contributed by atoms with van der Waals surface area (Å²) in [6.07, 6.45) is 47.1. The zero-order valence-electron chi connectivity index (χ0n) is 42.7. The fraction of sp³-hybridized carbons (Fsp3) is 0.870. The van der Waals surface area contributed by atoms with Crippen molar-refractivity contribution in [3.05, 3.63) is 24.3 Å². The summed E-state index contributed by atoms with van der Waals surface area (Å²) in [7, 11) is -4.74. The van der Waals surface area contributed by atoms with E-state index in [2.05, 4.69) is 45.1 Å². The highest BCUT2D eigenvalue weighted by molar-refractivity contribution is 7.47. The van der Waals surface area contributed by atoms with Crippen molar-refractivity contribution < 1.29 is 52.2 Å². The summed E-state index contributed by atoms with van der Waals surface area (Å²) in [4.78, 5) is 48.3. The lowest BCUT2D eigenvalue weighted by molar-refractivity contribution is -0.161. The van der Waals surface area contributed by atoms with Crippen molar-refractivity contribution in [1.82, 2.24) is 0 Å². The largest absolute Gasteiger partial charge is 0.472 e. The number of phosphoric acid groups is 1. The smallest absolute Gasteiger partial charge is 0.462 e. The molecule has 0 aromatic carbocycles. The number of hydrogen-bond donors (Lipinski definition) is 2. The Morgan fingerprint density at radius 2 is 0.712 bits per heavy atom. The second kappa shape index (κ2) is 49.4. The van der Waals surface area contributed by atoms with Crippen LogP contribution in [0, 0.1) is 0 Å². The summed E-state index contributed by atoms with van der Waals surface area (Å²) >= 11 is 0.